The standard InChI is InChI=1S/C23H21F6N7O2/c24-12-14(26)22-2-11(38-5-22)36(16(12)22)21-33-19(8-3-31-10(30)1-7(8)18(28)29)32-20(34-21)35-9-4-37-6-23(9)15(27)13(25)17(23)35/h1,3,9,11-18H,2,4-6H2,(H2,30,31). The van der Waals surface area contributed by atoms with Crippen molar-refractivity contribution in [2.75, 3.05) is 35.4 Å². The van der Waals surface area contributed by atoms with Crippen molar-refractivity contribution in [3.05, 3.63) is 17.8 Å². The van der Waals surface area contributed by atoms with Crippen LogP contribution in [0.2, 0.25) is 0 Å². The molecule has 10 unspecified atom stereocenters. The van der Waals surface area contributed by atoms with E-state index in [2.05, 4.69) is 19.9 Å². The summed E-state index contributed by atoms with van der Waals surface area (Å²) < 4.78 is 98.0. The van der Waals surface area contributed by atoms with Gasteiger partial charge in [0.25, 0.3) is 6.43 Å². The van der Waals surface area contributed by atoms with Crippen LogP contribution in [0.1, 0.15) is 18.4 Å². The van der Waals surface area contributed by atoms with Gasteiger partial charge in [-0.15, -0.1) is 0 Å². The van der Waals surface area contributed by atoms with Gasteiger partial charge in [-0.2, -0.15) is 15.0 Å². The second kappa shape index (κ2) is 7.17. The summed E-state index contributed by atoms with van der Waals surface area (Å²) in [5, 5.41) is 0. The van der Waals surface area contributed by atoms with Gasteiger partial charge in [0.2, 0.25) is 11.9 Å². The summed E-state index contributed by atoms with van der Waals surface area (Å²) in [7, 11) is 0. The fourth-order valence-corrected chi connectivity index (χ4v) is 7.60. The van der Waals surface area contributed by atoms with Crippen LogP contribution in [-0.4, -0.2) is 88.8 Å². The molecule has 2 bridgehead atoms. The lowest BCUT2D eigenvalue weighted by molar-refractivity contribution is -0.164. The molecule has 6 aliphatic rings. The number of hydrogen-bond donors (Lipinski definition) is 1. The molecule has 9 nitrogen and oxygen atoms in total. The molecule has 0 amide bonds. The first-order valence-electron chi connectivity index (χ1n) is 12.3. The van der Waals surface area contributed by atoms with Crippen LogP contribution in [0.15, 0.2) is 12.3 Å². The van der Waals surface area contributed by atoms with Crippen molar-refractivity contribution >= 4 is 17.7 Å². The van der Waals surface area contributed by atoms with Gasteiger partial charge in [0, 0.05) is 23.7 Å². The molecule has 2 spiro atoms. The molecule has 2 N–H and O–H groups in total. The lowest BCUT2D eigenvalue weighted by Gasteiger charge is -2.69. The fourth-order valence-electron chi connectivity index (χ4n) is 7.60. The number of nitrogen functional groups attached to an aromatic ring is 1. The van der Waals surface area contributed by atoms with E-state index in [4.69, 9.17) is 15.2 Å². The molecule has 8 rings (SSSR count). The molecule has 15 heteroatoms. The number of fused-ring (bicyclic) bond motifs is 1. The number of pyridine rings is 1. The van der Waals surface area contributed by atoms with Crippen LogP contribution < -0.4 is 15.5 Å². The van der Waals surface area contributed by atoms with Crippen LogP contribution in [0.3, 0.4) is 0 Å². The topological polar surface area (TPSA) is 103 Å². The molecule has 2 saturated carbocycles. The van der Waals surface area contributed by atoms with Crippen molar-refractivity contribution in [2.24, 2.45) is 10.8 Å². The number of ether oxygens (including phenoxy) is 2. The van der Waals surface area contributed by atoms with E-state index < -0.39 is 71.9 Å². The van der Waals surface area contributed by atoms with E-state index in [1.165, 1.54) is 9.80 Å². The molecular formula is C23H21F6N7O2. The Balaban J connectivity index is 1.28. The number of nitrogens with two attached hydrogens (primary N) is 1. The number of aromatic nitrogens is 4. The van der Waals surface area contributed by atoms with E-state index >= 15 is 0 Å². The number of hydrogen-bond acceptors (Lipinski definition) is 9. The molecule has 0 radical (unpaired) electrons. The Kier molecular flexibility index (Phi) is 4.34. The first kappa shape index (κ1) is 23.0. The highest BCUT2D eigenvalue weighted by Crippen LogP contribution is 2.64. The molecule has 0 aromatic carbocycles. The number of halogens is 6. The Morgan fingerprint density at radius 2 is 1.71 bits per heavy atom. The van der Waals surface area contributed by atoms with E-state index in [0.29, 0.717) is 0 Å². The molecular weight excluding hydrogens is 520 g/mol. The Labute approximate surface area is 211 Å². The monoisotopic (exact) mass is 541 g/mol. The van der Waals surface area contributed by atoms with Gasteiger partial charge in [-0.1, -0.05) is 0 Å². The number of anilines is 3. The number of alkyl halides is 6. The van der Waals surface area contributed by atoms with E-state index in [1.807, 2.05) is 0 Å². The molecule has 2 aromatic heterocycles. The van der Waals surface area contributed by atoms with Crippen LogP contribution in [-0.2, 0) is 9.47 Å². The molecule has 2 aromatic rings. The minimum atomic E-state index is -2.96. The third-order valence-electron chi connectivity index (χ3n) is 9.46. The maximum atomic E-state index is 14.8. The van der Waals surface area contributed by atoms with Crippen LogP contribution >= 0.6 is 0 Å². The lowest BCUT2D eigenvalue weighted by Crippen LogP contribution is -2.87. The van der Waals surface area contributed by atoms with Gasteiger partial charge in [-0.3, -0.25) is 0 Å². The molecule has 6 fully saturated rings. The third-order valence-corrected chi connectivity index (χ3v) is 9.46. The van der Waals surface area contributed by atoms with Crippen molar-refractivity contribution in [1.82, 2.24) is 19.9 Å². The Morgan fingerprint density at radius 1 is 0.974 bits per heavy atom. The Morgan fingerprint density at radius 3 is 2.47 bits per heavy atom. The molecule has 38 heavy (non-hydrogen) atoms. The molecule has 202 valence electrons. The van der Waals surface area contributed by atoms with Crippen molar-refractivity contribution in [3.8, 4) is 11.4 Å². The van der Waals surface area contributed by atoms with Crippen molar-refractivity contribution in [1.29, 1.82) is 0 Å². The van der Waals surface area contributed by atoms with E-state index in [1.54, 1.807) is 0 Å². The number of rotatable bonds is 4. The summed E-state index contributed by atoms with van der Waals surface area (Å²) >= 11 is 0. The molecule has 4 aliphatic heterocycles. The average molecular weight is 541 g/mol. The maximum absolute atomic E-state index is 14.8. The van der Waals surface area contributed by atoms with E-state index in [-0.39, 0.29) is 55.3 Å². The minimum absolute atomic E-state index is 0.0384. The van der Waals surface area contributed by atoms with Crippen molar-refractivity contribution < 1.29 is 35.8 Å². The van der Waals surface area contributed by atoms with Crippen LogP contribution in [0, 0.1) is 10.8 Å². The largest absolute Gasteiger partial charge is 0.384 e. The number of nitrogens with zero attached hydrogens (tertiary/aromatic N) is 6. The zero-order chi connectivity index (χ0) is 26.3. The van der Waals surface area contributed by atoms with Gasteiger partial charge in [0.05, 0.1) is 48.8 Å². The summed E-state index contributed by atoms with van der Waals surface area (Å²) in [5.74, 6) is -0.611. The van der Waals surface area contributed by atoms with E-state index in [0.717, 1.165) is 12.3 Å². The summed E-state index contributed by atoms with van der Waals surface area (Å²) in [6, 6.07) is -1.43. The van der Waals surface area contributed by atoms with Gasteiger partial charge in [0.15, 0.2) is 18.2 Å². The Bertz CT molecular complexity index is 1360. The zero-order valence-corrected chi connectivity index (χ0v) is 19.5. The number of piperidine rings is 1. The maximum Gasteiger partial charge on any atom is 0.264 e. The highest BCUT2D eigenvalue weighted by atomic mass is 19.3. The van der Waals surface area contributed by atoms with Crippen LogP contribution in [0.5, 0.6) is 0 Å². The summed E-state index contributed by atoms with van der Waals surface area (Å²) in [5.41, 5.74) is 2.87. The quantitative estimate of drug-likeness (QED) is 0.585. The molecule has 2 aliphatic carbocycles. The van der Waals surface area contributed by atoms with Gasteiger partial charge < -0.3 is 25.0 Å². The van der Waals surface area contributed by atoms with Crippen molar-refractivity contribution in [2.45, 2.75) is 61.9 Å². The van der Waals surface area contributed by atoms with Gasteiger partial charge in [-0.25, -0.2) is 31.3 Å². The lowest BCUT2D eigenvalue weighted by atomic mass is 9.51. The van der Waals surface area contributed by atoms with E-state index in [9.17, 15) is 26.3 Å². The second-order valence-corrected chi connectivity index (χ2v) is 11.0. The smallest absolute Gasteiger partial charge is 0.264 e. The van der Waals surface area contributed by atoms with Crippen molar-refractivity contribution in [3.63, 3.8) is 0 Å². The predicted octanol–water partition coefficient (Wildman–Crippen LogP) is 2.33. The highest BCUT2D eigenvalue weighted by molar-refractivity contribution is 5.66. The van der Waals surface area contributed by atoms with Gasteiger partial charge in [0.1, 0.15) is 24.4 Å². The predicted molar refractivity (Wildman–Crippen MR) is 118 cm³/mol. The molecule has 6 heterocycles. The normalized spacial score (nSPS) is 43.9. The minimum Gasteiger partial charge on any atom is -0.384 e. The summed E-state index contributed by atoms with van der Waals surface area (Å²) in [4.78, 5) is 20.0. The summed E-state index contributed by atoms with van der Waals surface area (Å²) in [6.45, 7) is 0.180. The fraction of sp³-hybridized carbons (Fsp3) is 0.652. The third kappa shape index (κ3) is 2.44. The average Bonchev–Trinajstić information content (AvgIpc) is 3.60. The zero-order valence-electron chi connectivity index (χ0n) is 19.5. The SMILES string of the molecule is Nc1cc(C(F)F)c(-c2nc(N3C4CC5(CO4)C(F)C(F)C35)nc(N3C4COCC45C(F)C(F)C35)n2)cn1. The van der Waals surface area contributed by atoms with Crippen LogP contribution in [0.4, 0.5) is 44.1 Å². The Hall–Kier alpha value is -2.94. The first-order valence-corrected chi connectivity index (χ1v) is 12.3. The molecule has 4 saturated heterocycles. The summed E-state index contributed by atoms with van der Waals surface area (Å²) in [6.07, 6.45) is -9.48. The highest BCUT2D eigenvalue weighted by Gasteiger charge is 2.81. The van der Waals surface area contributed by atoms with Crippen LogP contribution in [0.25, 0.3) is 11.4 Å². The molecule has 10 atom stereocenters. The van der Waals surface area contributed by atoms with Gasteiger partial charge >= 0.3 is 0 Å². The van der Waals surface area contributed by atoms with Gasteiger partial charge in [-0.05, 0) is 6.07 Å². The first-order chi connectivity index (χ1) is 18.2. The second-order valence-electron chi connectivity index (χ2n) is 11.0.